The molecule has 1 N–H and O–H groups in total. The minimum atomic E-state index is 0.197. The van der Waals surface area contributed by atoms with E-state index in [4.69, 9.17) is 0 Å². The predicted octanol–water partition coefficient (Wildman–Crippen LogP) is 2.88. The van der Waals surface area contributed by atoms with Gasteiger partial charge < -0.3 is 10.2 Å². The molecule has 1 aliphatic rings. The molecule has 0 spiro atoms. The molecular weight excluding hydrogens is 208 g/mol. The fourth-order valence-corrected chi connectivity index (χ4v) is 2.52. The highest BCUT2D eigenvalue weighted by atomic mass is 15.2. The first-order valence-electron chi connectivity index (χ1n) is 6.48. The minimum absolute atomic E-state index is 0.197. The van der Waals surface area contributed by atoms with Gasteiger partial charge in [0.2, 0.25) is 0 Å². The zero-order valence-corrected chi connectivity index (χ0v) is 11.7. The van der Waals surface area contributed by atoms with Crippen molar-refractivity contribution in [2.45, 2.75) is 46.2 Å². The lowest BCUT2D eigenvalue weighted by Crippen LogP contribution is -2.61. The molecule has 2 heteroatoms. The van der Waals surface area contributed by atoms with Gasteiger partial charge in [0.1, 0.15) is 0 Å². The Morgan fingerprint density at radius 3 is 2.71 bits per heavy atom. The Bertz CT molecular complexity index is 409. The van der Waals surface area contributed by atoms with Crippen LogP contribution in [-0.2, 0) is 0 Å². The summed E-state index contributed by atoms with van der Waals surface area (Å²) < 4.78 is 0. The quantitative estimate of drug-likeness (QED) is 0.801. The Morgan fingerprint density at radius 2 is 2.00 bits per heavy atom. The standard InChI is InChI=1S/C15H24N2/c1-11-6-7-12(2)14(8-11)17-10-15(4,5)16-9-13(17)3/h6-8,13,16H,9-10H2,1-5H3. The maximum Gasteiger partial charge on any atom is 0.0402 e. The van der Waals surface area contributed by atoms with Gasteiger partial charge >= 0.3 is 0 Å². The lowest BCUT2D eigenvalue weighted by molar-refractivity contribution is 0.318. The van der Waals surface area contributed by atoms with E-state index in [1.807, 2.05) is 0 Å². The van der Waals surface area contributed by atoms with E-state index in [9.17, 15) is 0 Å². The van der Waals surface area contributed by atoms with E-state index >= 15 is 0 Å². The first-order chi connectivity index (χ1) is 7.89. The third-order valence-electron chi connectivity index (χ3n) is 3.65. The topological polar surface area (TPSA) is 15.3 Å². The predicted molar refractivity (Wildman–Crippen MR) is 74.8 cm³/mol. The molecule has 1 atom stereocenters. The van der Waals surface area contributed by atoms with Crippen LogP contribution in [0.15, 0.2) is 18.2 Å². The monoisotopic (exact) mass is 232 g/mol. The van der Waals surface area contributed by atoms with Gasteiger partial charge in [-0.25, -0.2) is 0 Å². The number of hydrogen-bond acceptors (Lipinski definition) is 2. The first kappa shape index (κ1) is 12.4. The summed E-state index contributed by atoms with van der Waals surface area (Å²) in [5, 5.41) is 3.60. The summed E-state index contributed by atoms with van der Waals surface area (Å²) in [5.74, 6) is 0. The van der Waals surface area contributed by atoms with Gasteiger partial charge in [-0.1, -0.05) is 12.1 Å². The van der Waals surface area contributed by atoms with Crippen LogP contribution in [0.5, 0.6) is 0 Å². The molecule has 1 aliphatic heterocycles. The Labute approximate surface area is 105 Å². The number of nitrogens with zero attached hydrogens (tertiary/aromatic N) is 1. The number of anilines is 1. The zero-order chi connectivity index (χ0) is 12.6. The third kappa shape index (κ3) is 2.63. The fourth-order valence-electron chi connectivity index (χ4n) is 2.52. The molecule has 0 saturated carbocycles. The van der Waals surface area contributed by atoms with Crippen molar-refractivity contribution in [3.05, 3.63) is 29.3 Å². The number of benzene rings is 1. The van der Waals surface area contributed by atoms with Crippen molar-refractivity contribution in [2.75, 3.05) is 18.0 Å². The van der Waals surface area contributed by atoms with Crippen LogP contribution in [0.2, 0.25) is 0 Å². The van der Waals surface area contributed by atoms with E-state index in [0.717, 1.165) is 13.1 Å². The number of hydrogen-bond donors (Lipinski definition) is 1. The van der Waals surface area contributed by atoms with Crippen LogP contribution >= 0.6 is 0 Å². The van der Waals surface area contributed by atoms with Crippen LogP contribution < -0.4 is 10.2 Å². The minimum Gasteiger partial charge on any atom is -0.365 e. The van der Waals surface area contributed by atoms with Gasteiger partial charge in [-0.05, 0) is 51.8 Å². The van der Waals surface area contributed by atoms with E-state index in [0.29, 0.717) is 6.04 Å². The Hall–Kier alpha value is -1.02. The highest BCUT2D eigenvalue weighted by molar-refractivity contribution is 5.56. The lowest BCUT2D eigenvalue weighted by atomic mass is 9.97. The summed E-state index contributed by atoms with van der Waals surface area (Å²) in [4.78, 5) is 2.54. The molecule has 0 bridgehead atoms. The molecule has 1 saturated heterocycles. The number of aryl methyl sites for hydroxylation is 2. The molecule has 1 fully saturated rings. The molecule has 1 aromatic rings. The average Bonchev–Trinajstić information content (AvgIpc) is 2.25. The van der Waals surface area contributed by atoms with Crippen molar-refractivity contribution in [1.82, 2.24) is 5.32 Å². The van der Waals surface area contributed by atoms with E-state index in [1.54, 1.807) is 0 Å². The van der Waals surface area contributed by atoms with Gasteiger partial charge in [0.15, 0.2) is 0 Å². The second-order valence-electron chi connectivity index (χ2n) is 6.03. The van der Waals surface area contributed by atoms with E-state index < -0.39 is 0 Å². The molecule has 2 nitrogen and oxygen atoms in total. The van der Waals surface area contributed by atoms with Crippen LogP contribution in [0.4, 0.5) is 5.69 Å². The molecule has 0 amide bonds. The number of rotatable bonds is 1. The SMILES string of the molecule is Cc1ccc(C)c(N2CC(C)(C)NCC2C)c1. The summed E-state index contributed by atoms with van der Waals surface area (Å²) in [6, 6.07) is 7.29. The van der Waals surface area contributed by atoms with Gasteiger partial charge in [-0.3, -0.25) is 0 Å². The molecule has 1 unspecified atom stereocenters. The normalized spacial score (nSPS) is 23.8. The summed E-state index contributed by atoms with van der Waals surface area (Å²) in [6.07, 6.45) is 0. The molecule has 1 aromatic carbocycles. The average molecular weight is 232 g/mol. The van der Waals surface area contributed by atoms with Gasteiger partial charge in [0.25, 0.3) is 0 Å². The van der Waals surface area contributed by atoms with Gasteiger partial charge in [-0.2, -0.15) is 0 Å². The first-order valence-corrected chi connectivity index (χ1v) is 6.48. The summed E-state index contributed by atoms with van der Waals surface area (Å²) in [6.45, 7) is 13.3. The lowest BCUT2D eigenvalue weighted by Gasteiger charge is -2.45. The molecule has 0 aromatic heterocycles. The molecule has 94 valence electrons. The maximum atomic E-state index is 3.60. The third-order valence-corrected chi connectivity index (χ3v) is 3.65. The largest absolute Gasteiger partial charge is 0.365 e. The fraction of sp³-hybridized carbons (Fsp3) is 0.600. The van der Waals surface area contributed by atoms with Crippen molar-refractivity contribution in [3.63, 3.8) is 0 Å². The Morgan fingerprint density at radius 1 is 1.29 bits per heavy atom. The van der Waals surface area contributed by atoms with Crippen LogP contribution in [0.25, 0.3) is 0 Å². The smallest absolute Gasteiger partial charge is 0.0402 e. The number of piperazine rings is 1. The van der Waals surface area contributed by atoms with E-state index in [1.165, 1.54) is 16.8 Å². The summed E-state index contributed by atoms with van der Waals surface area (Å²) in [7, 11) is 0. The van der Waals surface area contributed by atoms with Crippen molar-refractivity contribution in [3.8, 4) is 0 Å². The van der Waals surface area contributed by atoms with E-state index in [-0.39, 0.29) is 5.54 Å². The molecule has 0 radical (unpaired) electrons. The second-order valence-corrected chi connectivity index (χ2v) is 6.03. The Balaban J connectivity index is 2.34. The van der Waals surface area contributed by atoms with Crippen molar-refractivity contribution in [2.24, 2.45) is 0 Å². The zero-order valence-electron chi connectivity index (χ0n) is 11.7. The Kier molecular flexibility index (Phi) is 3.17. The molecule has 2 rings (SSSR count). The van der Waals surface area contributed by atoms with Gasteiger partial charge in [-0.15, -0.1) is 0 Å². The van der Waals surface area contributed by atoms with Crippen molar-refractivity contribution in [1.29, 1.82) is 0 Å². The van der Waals surface area contributed by atoms with E-state index in [2.05, 4.69) is 63.0 Å². The van der Waals surface area contributed by atoms with Crippen LogP contribution in [0.3, 0.4) is 0 Å². The van der Waals surface area contributed by atoms with Crippen LogP contribution in [-0.4, -0.2) is 24.7 Å². The highest BCUT2D eigenvalue weighted by Gasteiger charge is 2.30. The van der Waals surface area contributed by atoms with Crippen molar-refractivity contribution < 1.29 is 0 Å². The second kappa shape index (κ2) is 4.34. The van der Waals surface area contributed by atoms with Crippen LogP contribution in [0, 0.1) is 13.8 Å². The number of nitrogens with one attached hydrogen (secondary N) is 1. The molecule has 0 aliphatic carbocycles. The summed E-state index contributed by atoms with van der Waals surface area (Å²) in [5.41, 5.74) is 4.31. The van der Waals surface area contributed by atoms with Gasteiger partial charge in [0, 0.05) is 30.4 Å². The summed E-state index contributed by atoms with van der Waals surface area (Å²) >= 11 is 0. The molecule has 1 heterocycles. The highest BCUT2D eigenvalue weighted by Crippen LogP contribution is 2.27. The molecule has 17 heavy (non-hydrogen) atoms. The maximum absolute atomic E-state index is 3.60. The molecular formula is C15H24N2. The van der Waals surface area contributed by atoms with Gasteiger partial charge in [0.05, 0.1) is 0 Å². The van der Waals surface area contributed by atoms with Crippen LogP contribution in [0.1, 0.15) is 31.9 Å². The van der Waals surface area contributed by atoms with Crippen molar-refractivity contribution >= 4 is 5.69 Å².